The minimum Gasteiger partial charge on any atom is -0.379 e. The molecular formula is C20H28N6O4S. The van der Waals surface area contributed by atoms with Crippen molar-refractivity contribution in [3.8, 4) is 0 Å². The zero-order valence-corrected chi connectivity index (χ0v) is 18.4. The van der Waals surface area contributed by atoms with E-state index in [4.69, 9.17) is 0 Å². The van der Waals surface area contributed by atoms with Crippen molar-refractivity contribution in [1.29, 1.82) is 0 Å². The maximum Gasteiger partial charge on any atom is 0.293 e. The number of rotatable bonds is 8. The van der Waals surface area contributed by atoms with Crippen LogP contribution < -0.4 is 10.0 Å². The maximum atomic E-state index is 12.8. The van der Waals surface area contributed by atoms with Gasteiger partial charge in [0.1, 0.15) is 17.3 Å². The number of fused-ring (bicyclic) bond motifs is 1. The molecule has 2 aromatic rings. The van der Waals surface area contributed by atoms with E-state index in [-0.39, 0.29) is 22.3 Å². The summed E-state index contributed by atoms with van der Waals surface area (Å²) in [6.07, 6.45) is 6.09. The van der Waals surface area contributed by atoms with Crippen LogP contribution in [0.25, 0.3) is 0 Å². The molecule has 0 atom stereocenters. The second-order valence-electron chi connectivity index (χ2n) is 8.48. The second-order valence-corrected chi connectivity index (χ2v) is 10.2. The minimum absolute atomic E-state index is 0.0846. The molecule has 1 aromatic carbocycles. The van der Waals surface area contributed by atoms with Gasteiger partial charge in [0, 0.05) is 38.0 Å². The van der Waals surface area contributed by atoms with Gasteiger partial charge in [0.05, 0.1) is 9.82 Å². The number of nitrogens with zero attached hydrogens (tertiary/aromatic N) is 4. The first-order valence-electron chi connectivity index (χ1n) is 10.8. The van der Waals surface area contributed by atoms with Crippen molar-refractivity contribution < 1.29 is 13.3 Å². The molecule has 2 N–H and O–H groups in total. The number of aryl methyl sites for hydroxylation is 1. The van der Waals surface area contributed by atoms with Crippen molar-refractivity contribution in [2.75, 3.05) is 11.9 Å². The van der Waals surface area contributed by atoms with Gasteiger partial charge < -0.3 is 9.88 Å². The van der Waals surface area contributed by atoms with Crippen LogP contribution in [0, 0.1) is 16.0 Å². The van der Waals surface area contributed by atoms with E-state index in [1.807, 2.05) is 0 Å². The first-order chi connectivity index (χ1) is 14.8. The summed E-state index contributed by atoms with van der Waals surface area (Å²) in [4.78, 5) is 11.0. The lowest BCUT2D eigenvalue weighted by atomic mass is 9.88. The van der Waals surface area contributed by atoms with Gasteiger partial charge in [-0.1, -0.05) is 6.92 Å². The Bertz CT molecular complexity index is 1060. The molecule has 1 fully saturated rings. The van der Waals surface area contributed by atoms with Crippen molar-refractivity contribution in [2.45, 2.75) is 69.4 Å². The maximum absolute atomic E-state index is 12.8. The predicted octanol–water partition coefficient (Wildman–Crippen LogP) is 2.64. The van der Waals surface area contributed by atoms with Crippen molar-refractivity contribution >= 4 is 21.4 Å². The zero-order valence-electron chi connectivity index (χ0n) is 17.6. The van der Waals surface area contributed by atoms with E-state index in [2.05, 4.69) is 31.7 Å². The van der Waals surface area contributed by atoms with Crippen LogP contribution in [-0.2, 0) is 29.4 Å². The molecule has 0 saturated heterocycles. The second kappa shape index (κ2) is 8.91. The van der Waals surface area contributed by atoms with Crippen LogP contribution in [0.3, 0.4) is 0 Å². The van der Waals surface area contributed by atoms with Crippen LogP contribution in [0.15, 0.2) is 23.1 Å². The first kappa shape index (κ1) is 21.7. The normalized spacial score (nSPS) is 21.1. The molecule has 1 aromatic heterocycles. The third-order valence-electron chi connectivity index (χ3n) is 6.16. The van der Waals surface area contributed by atoms with Gasteiger partial charge in [-0.2, -0.15) is 0 Å². The molecule has 1 saturated carbocycles. The highest BCUT2D eigenvalue weighted by Gasteiger charge is 2.26. The van der Waals surface area contributed by atoms with Gasteiger partial charge in [-0.25, -0.2) is 13.1 Å². The van der Waals surface area contributed by atoms with Gasteiger partial charge in [-0.3, -0.25) is 10.1 Å². The molecule has 1 aliphatic heterocycles. The number of anilines is 1. The van der Waals surface area contributed by atoms with Gasteiger partial charge >= 0.3 is 0 Å². The van der Waals surface area contributed by atoms with Gasteiger partial charge in [-0.15, -0.1) is 10.2 Å². The molecular weight excluding hydrogens is 420 g/mol. The van der Waals surface area contributed by atoms with Gasteiger partial charge in [0.2, 0.25) is 10.0 Å². The summed E-state index contributed by atoms with van der Waals surface area (Å²) in [5.41, 5.74) is 0.0308. The Labute approximate surface area is 181 Å². The van der Waals surface area contributed by atoms with E-state index < -0.39 is 14.9 Å². The molecule has 11 heteroatoms. The molecule has 10 nitrogen and oxygen atoms in total. The molecule has 2 heterocycles. The van der Waals surface area contributed by atoms with Crippen molar-refractivity contribution in [1.82, 2.24) is 19.5 Å². The number of nitro benzene ring substituents is 1. The van der Waals surface area contributed by atoms with E-state index in [0.717, 1.165) is 62.8 Å². The predicted molar refractivity (Wildman–Crippen MR) is 115 cm³/mol. The van der Waals surface area contributed by atoms with Crippen LogP contribution in [0.2, 0.25) is 0 Å². The molecule has 168 valence electrons. The van der Waals surface area contributed by atoms with E-state index in [1.165, 1.54) is 12.1 Å². The third kappa shape index (κ3) is 4.87. The first-order valence-corrected chi connectivity index (χ1v) is 12.3. The number of benzene rings is 1. The summed E-state index contributed by atoms with van der Waals surface area (Å²) in [5, 5.41) is 23.0. The fourth-order valence-corrected chi connectivity index (χ4v) is 5.67. The Hall–Kier alpha value is -2.53. The van der Waals surface area contributed by atoms with E-state index in [0.29, 0.717) is 18.9 Å². The number of hydrogen-bond acceptors (Lipinski definition) is 7. The van der Waals surface area contributed by atoms with Crippen LogP contribution in [0.5, 0.6) is 0 Å². The number of aromatic nitrogens is 3. The number of nitro groups is 1. The molecule has 0 bridgehead atoms. The molecule has 4 rings (SSSR count). The van der Waals surface area contributed by atoms with E-state index in [1.54, 1.807) is 0 Å². The quantitative estimate of drug-likeness (QED) is 0.468. The SMILES string of the molecule is CC1CCC(NS(=O)(=O)c2ccc(NCCc3nnc4n3CCC4)c([N+](=O)[O-])c2)CC1. The van der Waals surface area contributed by atoms with Gasteiger partial charge in [0.15, 0.2) is 0 Å². The highest BCUT2D eigenvalue weighted by atomic mass is 32.2. The van der Waals surface area contributed by atoms with Crippen molar-refractivity contribution in [2.24, 2.45) is 5.92 Å². The fourth-order valence-electron chi connectivity index (χ4n) is 4.35. The largest absolute Gasteiger partial charge is 0.379 e. The number of sulfonamides is 1. The number of hydrogen-bond donors (Lipinski definition) is 2. The Kier molecular flexibility index (Phi) is 6.24. The van der Waals surface area contributed by atoms with E-state index in [9.17, 15) is 18.5 Å². The van der Waals surface area contributed by atoms with Crippen molar-refractivity contribution in [3.05, 3.63) is 40.0 Å². The number of nitrogens with one attached hydrogen (secondary N) is 2. The Morgan fingerprint density at radius 1 is 1.23 bits per heavy atom. The summed E-state index contributed by atoms with van der Waals surface area (Å²) in [5.74, 6) is 2.44. The molecule has 1 aliphatic carbocycles. The lowest BCUT2D eigenvalue weighted by Gasteiger charge is -2.26. The lowest BCUT2D eigenvalue weighted by Crippen LogP contribution is -2.37. The highest BCUT2D eigenvalue weighted by Crippen LogP contribution is 2.29. The standard InChI is InChI=1S/C20H28N6O4S/c1-14-4-6-15(7-5-14)24-31(29,30)16-8-9-17(18(13-16)26(27)28)21-11-10-20-23-22-19-3-2-12-25(19)20/h8-9,13-15,21,24H,2-7,10-12H2,1H3. The van der Waals surface area contributed by atoms with E-state index >= 15 is 0 Å². The Balaban J connectivity index is 1.44. The summed E-state index contributed by atoms with van der Waals surface area (Å²) < 4.78 is 30.3. The zero-order chi connectivity index (χ0) is 22.0. The highest BCUT2D eigenvalue weighted by molar-refractivity contribution is 7.89. The molecule has 0 spiro atoms. The summed E-state index contributed by atoms with van der Waals surface area (Å²) in [6.45, 7) is 3.50. The minimum atomic E-state index is -3.82. The van der Waals surface area contributed by atoms with Crippen LogP contribution >= 0.6 is 0 Å². The Morgan fingerprint density at radius 3 is 2.74 bits per heavy atom. The average Bonchev–Trinajstić information content (AvgIpc) is 3.34. The molecule has 0 radical (unpaired) electrons. The summed E-state index contributed by atoms with van der Waals surface area (Å²) in [7, 11) is -3.82. The molecule has 0 unspecified atom stereocenters. The van der Waals surface area contributed by atoms with Gasteiger partial charge in [0.25, 0.3) is 5.69 Å². The average molecular weight is 449 g/mol. The summed E-state index contributed by atoms with van der Waals surface area (Å²) in [6, 6.07) is 3.88. The molecule has 31 heavy (non-hydrogen) atoms. The Morgan fingerprint density at radius 2 is 2.00 bits per heavy atom. The fraction of sp³-hybridized carbons (Fsp3) is 0.600. The van der Waals surface area contributed by atoms with Crippen LogP contribution in [-0.4, -0.2) is 40.7 Å². The molecule has 2 aliphatic rings. The van der Waals surface area contributed by atoms with Crippen LogP contribution in [0.4, 0.5) is 11.4 Å². The summed E-state index contributed by atoms with van der Waals surface area (Å²) >= 11 is 0. The van der Waals surface area contributed by atoms with Crippen molar-refractivity contribution in [3.63, 3.8) is 0 Å². The van der Waals surface area contributed by atoms with Crippen LogP contribution in [0.1, 0.15) is 50.7 Å². The topological polar surface area (TPSA) is 132 Å². The van der Waals surface area contributed by atoms with Gasteiger partial charge in [-0.05, 0) is 50.2 Å². The monoisotopic (exact) mass is 448 g/mol. The molecule has 0 amide bonds. The lowest BCUT2D eigenvalue weighted by molar-refractivity contribution is -0.384. The smallest absolute Gasteiger partial charge is 0.293 e. The third-order valence-corrected chi connectivity index (χ3v) is 7.68.